The first-order valence-corrected chi connectivity index (χ1v) is 6.38. The van der Waals surface area contributed by atoms with Crippen molar-refractivity contribution in [2.24, 2.45) is 0 Å². The maximum absolute atomic E-state index is 5.74. The van der Waals surface area contributed by atoms with Crippen LogP contribution < -0.4 is 10.5 Å². The van der Waals surface area contributed by atoms with Crippen molar-refractivity contribution in [3.05, 3.63) is 54.1 Å². The Kier molecular flexibility index (Phi) is 3.94. The van der Waals surface area contributed by atoms with Crippen molar-refractivity contribution in [2.45, 2.75) is 10.6 Å². The second-order valence-electron chi connectivity index (χ2n) is 3.71. The fourth-order valence-corrected chi connectivity index (χ4v) is 2.44. The molecule has 2 aromatic rings. The molecule has 0 saturated carbocycles. The Morgan fingerprint density at radius 2 is 1.94 bits per heavy atom. The van der Waals surface area contributed by atoms with Gasteiger partial charge < -0.3 is 10.5 Å². The van der Waals surface area contributed by atoms with Gasteiger partial charge in [0.15, 0.2) is 0 Å². The van der Waals surface area contributed by atoms with Crippen molar-refractivity contribution in [1.82, 2.24) is 0 Å². The van der Waals surface area contributed by atoms with Crippen LogP contribution in [0.4, 0.5) is 5.69 Å². The number of hydrogen-bond acceptors (Lipinski definition) is 3. The standard InChI is InChI=1S/C14H15NOS/c1-16-13-6-2-4-11(8-13)10-17-14-7-3-5-12(15)9-14/h2-9H,10,15H2,1H3. The van der Waals surface area contributed by atoms with Crippen LogP contribution in [0.25, 0.3) is 0 Å². The highest BCUT2D eigenvalue weighted by atomic mass is 32.2. The van der Waals surface area contributed by atoms with Gasteiger partial charge in [-0.3, -0.25) is 0 Å². The van der Waals surface area contributed by atoms with Crippen LogP contribution in [0.15, 0.2) is 53.4 Å². The Labute approximate surface area is 106 Å². The summed E-state index contributed by atoms with van der Waals surface area (Å²) in [6.07, 6.45) is 0. The topological polar surface area (TPSA) is 35.2 Å². The molecule has 0 aliphatic rings. The molecule has 17 heavy (non-hydrogen) atoms. The van der Waals surface area contributed by atoms with Crippen LogP contribution in [0.2, 0.25) is 0 Å². The number of nitrogens with two attached hydrogens (primary N) is 1. The summed E-state index contributed by atoms with van der Waals surface area (Å²) in [4.78, 5) is 1.19. The van der Waals surface area contributed by atoms with Gasteiger partial charge in [-0.1, -0.05) is 18.2 Å². The van der Waals surface area contributed by atoms with Gasteiger partial charge in [0, 0.05) is 16.3 Å². The number of anilines is 1. The number of nitrogen functional groups attached to an aromatic ring is 1. The summed E-state index contributed by atoms with van der Waals surface area (Å²) in [5.74, 6) is 1.82. The summed E-state index contributed by atoms with van der Waals surface area (Å²) in [5.41, 5.74) is 7.79. The van der Waals surface area contributed by atoms with Crippen LogP contribution in [0.1, 0.15) is 5.56 Å². The first-order chi connectivity index (χ1) is 8.28. The quantitative estimate of drug-likeness (QED) is 0.660. The van der Waals surface area contributed by atoms with E-state index in [4.69, 9.17) is 10.5 Å². The van der Waals surface area contributed by atoms with Crippen molar-refractivity contribution in [3.63, 3.8) is 0 Å². The number of ether oxygens (including phenoxy) is 1. The number of hydrogen-bond donors (Lipinski definition) is 1. The molecule has 0 fully saturated rings. The predicted octanol–water partition coefficient (Wildman–Crippen LogP) is 3.57. The van der Waals surface area contributed by atoms with Crippen molar-refractivity contribution in [2.75, 3.05) is 12.8 Å². The molecule has 3 heteroatoms. The summed E-state index contributed by atoms with van der Waals surface area (Å²) < 4.78 is 5.20. The van der Waals surface area contributed by atoms with E-state index in [0.717, 1.165) is 17.2 Å². The zero-order valence-corrected chi connectivity index (χ0v) is 10.5. The molecule has 2 N–H and O–H groups in total. The Bertz CT molecular complexity index is 499. The highest BCUT2D eigenvalue weighted by Gasteiger charge is 1.98. The van der Waals surface area contributed by atoms with E-state index in [1.807, 2.05) is 30.3 Å². The van der Waals surface area contributed by atoms with Gasteiger partial charge >= 0.3 is 0 Å². The molecule has 0 aliphatic carbocycles. The lowest BCUT2D eigenvalue weighted by Crippen LogP contribution is -1.86. The molecule has 0 heterocycles. The molecule has 2 aromatic carbocycles. The average Bonchev–Trinajstić information content (AvgIpc) is 2.37. The maximum Gasteiger partial charge on any atom is 0.119 e. The SMILES string of the molecule is COc1cccc(CSc2cccc(N)c2)c1. The molecule has 2 nitrogen and oxygen atoms in total. The second-order valence-corrected chi connectivity index (χ2v) is 4.76. The number of benzene rings is 2. The maximum atomic E-state index is 5.74. The van der Waals surface area contributed by atoms with Crippen LogP contribution >= 0.6 is 11.8 Å². The minimum absolute atomic E-state index is 0.806. The highest BCUT2D eigenvalue weighted by molar-refractivity contribution is 7.98. The summed E-state index contributed by atoms with van der Waals surface area (Å²) in [5, 5.41) is 0. The van der Waals surface area contributed by atoms with E-state index in [-0.39, 0.29) is 0 Å². The van der Waals surface area contributed by atoms with Crippen LogP contribution in [-0.4, -0.2) is 7.11 Å². The Morgan fingerprint density at radius 1 is 1.12 bits per heavy atom. The van der Waals surface area contributed by atoms with Gasteiger partial charge in [0.2, 0.25) is 0 Å². The smallest absolute Gasteiger partial charge is 0.119 e. The van der Waals surface area contributed by atoms with Gasteiger partial charge in [0.05, 0.1) is 7.11 Å². The summed E-state index contributed by atoms with van der Waals surface area (Å²) >= 11 is 1.77. The average molecular weight is 245 g/mol. The van der Waals surface area contributed by atoms with E-state index in [0.29, 0.717) is 0 Å². The third kappa shape index (κ3) is 3.43. The van der Waals surface area contributed by atoms with Gasteiger partial charge in [0.1, 0.15) is 5.75 Å². The molecular formula is C14H15NOS. The highest BCUT2D eigenvalue weighted by Crippen LogP contribution is 2.25. The van der Waals surface area contributed by atoms with Gasteiger partial charge in [-0.25, -0.2) is 0 Å². The van der Waals surface area contributed by atoms with Crippen LogP contribution in [0.3, 0.4) is 0 Å². The van der Waals surface area contributed by atoms with Crippen molar-refractivity contribution >= 4 is 17.4 Å². The van der Waals surface area contributed by atoms with Gasteiger partial charge in [0.25, 0.3) is 0 Å². The molecular weight excluding hydrogens is 230 g/mol. The molecule has 0 unspecified atom stereocenters. The number of methoxy groups -OCH3 is 1. The fourth-order valence-electron chi connectivity index (χ4n) is 1.53. The molecule has 0 aliphatic heterocycles. The summed E-state index contributed by atoms with van der Waals surface area (Å²) in [7, 11) is 1.68. The Morgan fingerprint density at radius 3 is 2.71 bits per heavy atom. The lowest BCUT2D eigenvalue weighted by Gasteiger charge is -2.05. The first-order valence-electron chi connectivity index (χ1n) is 5.39. The number of thioether (sulfide) groups is 1. The zero-order valence-electron chi connectivity index (χ0n) is 9.72. The third-order valence-electron chi connectivity index (χ3n) is 2.40. The fraction of sp³-hybridized carbons (Fsp3) is 0.143. The summed E-state index contributed by atoms with van der Waals surface area (Å²) in [6, 6.07) is 16.1. The van der Waals surface area contributed by atoms with E-state index < -0.39 is 0 Å². The minimum Gasteiger partial charge on any atom is -0.497 e. The van der Waals surface area contributed by atoms with Gasteiger partial charge in [-0.2, -0.15) is 0 Å². The van der Waals surface area contributed by atoms with Crippen molar-refractivity contribution in [3.8, 4) is 5.75 Å². The van der Waals surface area contributed by atoms with E-state index in [2.05, 4.69) is 18.2 Å². The van der Waals surface area contributed by atoms with Crippen LogP contribution in [0.5, 0.6) is 5.75 Å². The molecule has 0 saturated heterocycles. The van der Waals surface area contributed by atoms with Gasteiger partial charge in [-0.05, 0) is 35.9 Å². The first kappa shape index (κ1) is 11.9. The Hall–Kier alpha value is -1.61. The van der Waals surface area contributed by atoms with Gasteiger partial charge in [-0.15, -0.1) is 11.8 Å². The van der Waals surface area contributed by atoms with E-state index >= 15 is 0 Å². The van der Waals surface area contributed by atoms with Crippen LogP contribution in [0, 0.1) is 0 Å². The molecule has 0 radical (unpaired) electrons. The van der Waals surface area contributed by atoms with Crippen molar-refractivity contribution in [1.29, 1.82) is 0 Å². The normalized spacial score (nSPS) is 10.2. The lowest BCUT2D eigenvalue weighted by atomic mass is 10.2. The molecule has 0 atom stereocenters. The molecule has 0 aromatic heterocycles. The van der Waals surface area contributed by atoms with E-state index in [9.17, 15) is 0 Å². The molecule has 2 rings (SSSR count). The molecule has 0 bridgehead atoms. The largest absolute Gasteiger partial charge is 0.497 e. The summed E-state index contributed by atoms with van der Waals surface area (Å²) in [6.45, 7) is 0. The second kappa shape index (κ2) is 5.64. The monoisotopic (exact) mass is 245 g/mol. The minimum atomic E-state index is 0.806. The van der Waals surface area contributed by atoms with E-state index in [1.165, 1.54) is 10.5 Å². The molecule has 88 valence electrons. The number of rotatable bonds is 4. The zero-order chi connectivity index (χ0) is 12.1. The third-order valence-corrected chi connectivity index (χ3v) is 3.46. The van der Waals surface area contributed by atoms with Crippen molar-refractivity contribution < 1.29 is 4.74 Å². The predicted molar refractivity (Wildman–Crippen MR) is 73.4 cm³/mol. The Balaban J connectivity index is 2.02. The van der Waals surface area contributed by atoms with Crippen LogP contribution in [-0.2, 0) is 5.75 Å². The lowest BCUT2D eigenvalue weighted by molar-refractivity contribution is 0.414. The van der Waals surface area contributed by atoms with E-state index in [1.54, 1.807) is 18.9 Å². The molecule has 0 amide bonds. The molecule has 0 spiro atoms.